The van der Waals surface area contributed by atoms with Gasteiger partial charge in [-0.2, -0.15) is 0 Å². The molecule has 3 rings (SSSR count). The van der Waals surface area contributed by atoms with Gasteiger partial charge in [0, 0.05) is 38.8 Å². The van der Waals surface area contributed by atoms with E-state index in [1.165, 1.54) is 37.7 Å². The molecule has 2 fully saturated rings. The third-order valence-electron chi connectivity index (χ3n) is 5.94. The normalized spacial score (nSPS) is 24.9. The number of hydrogen-bond donors (Lipinski definition) is 0. The first-order valence-electron chi connectivity index (χ1n) is 10.1. The van der Waals surface area contributed by atoms with Crippen molar-refractivity contribution in [1.29, 1.82) is 0 Å². The first-order valence-corrected chi connectivity index (χ1v) is 10.1. The molecule has 1 unspecified atom stereocenters. The monoisotopic (exact) mass is 334 g/mol. The Bertz CT molecular complexity index is 443. The van der Waals surface area contributed by atoms with Crippen LogP contribution in [-0.2, 0) is 9.53 Å². The average molecular weight is 335 g/mol. The Morgan fingerprint density at radius 3 is 2.71 bits per heavy atom. The molecule has 0 aromatic rings. The zero-order chi connectivity index (χ0) is 16.8. The van der Waals surface area contributed by atoms with Gasteiger partial charge >= 0.3 is 0 Å². The van der Waals surface area contributed by atoms with E-state index < -0.39 is 0 Å². The van der Waals surface area contributed by atoms with Gasteiger partial charge in [0.1, 0.15) is 0 Å². The molecule has 2 aliphatic carbocycles. The largest absolute Gasteiger partial charge is 0.374 e. The predicted molar refractivity (Wildman–Crippen MR) is 97.0 cm³/mol. The first kappa shape index (κ1) is 17.9. The summed E-state index contributed by atoms with van der Waals surface area (Å²) >= 11 is 0. The van der Waals surface area contributed by atoms with Crippen LogP contribution in [0.1, 0.15) is 64.7 Å². The molecule has 0 radical (unpaired) electrons. The van der Waals surface area contributed by atoms with Crippen LogP contribution in [0.4, 0.5) is 0 Å². The van der Waals surface area contributed by atoms with Crippen LogP contribution in [0.5, 0.6) is 0 Å². The third kappa shape index (κ3) is 4.60. The predicted octanol–water partition coefficient (Wildman–Crippen LogP) is 3.37. The lowest BCUT2D eigenvalue weighted by Crippen LogP contribution is -2.39. The van der Waals surface area contributed by atoms with Crippen molar-refractivity contribution >= 4 is 5.91 Å². The van der Waals surface area contributed by atoms with E-state index in [2.05, 4.69) is 15.9 Å². The summed E-state index contributed by atoms with van der Waals surface area (Å²) in [5, 5.41) is 0. The summed E-state index contributed by atoms with van der Waals surface area (Å²) in [4.78, 5) is 17.6. The Kier molecular flexibility index (Phi) is 6.73. The van der Waals surface area contributed by atoms with E-state index in [-0.39, 0.29) is 12.0 Å². The highest BCUT2D eigenvalue weighted by Crippen LogP contribution is 2.26. The van der Waals surface area contributed by atoms with Crippen LogP contribution in [0, 0.1) is 0 Å². The maximum absolute atomic E-state index is 12.8. The minimum absolute atomic E-state index is 0.0131. The minimum Gasteiger partial charge on any atom is -0.374 e. The number of amides is 1. The third-order valence-corrected chi connectivity index (χ3v) is 5.94. The molecule has 0 spiro atoms. The summed E-state index contributed by atoms with van der Waals surface area (Å²) in [6.45, 7) is 6.74. The molecule has 0 N–H and O–H groups in total. The molecular formula is C20H34N2O2. The second-order valence-electron chi connectivity index (χ2n) is 7.53. The Morgan fingerprint density at radius 1 is 1.17 bits per heavy atom. The van der Waals surface area contributed by atoms with Gasteiger partial charge in [-0.1, -0.05) is 18.9 Å². The van der Waals surface area contributed by atoms with Crippen molar-refractivity contribution in [2.45, 2.75) is 76.9 Å². The lowest BCUT2D eigenvalue weighted by Gasteiger charge is -2.28. The van der Waals surface area contributed by atoms with Crippen molar-refractivity contribution in [3.63, 3.8) is 0 Å². The average Bonchev–Trinajstić information content (AvgIpc) is 3.25. The highest BCUT2D eigenvalue weighted by atomic mass is 16.5. The van der Waals surface area contributed by atoms with E-state index in [0.717, 1.165) is 51.5 Å². The summed E-state index contributed by atoms with van der Waals surface area (Å²) in [7, 11) is 0. The molecule has 1 heterocycles. The molecular weight excluding hydrogens is 300 g/mol. The van der Waals surface area contributed by atoms with Gasteiger partial charge in [-0.25, -0.2) is 0 Å². The topological polar surface area (TPSA) is 32.8 Å². The molecule has 4 nitrogen and oxygen atoms in total. The molecule has 4 heteroatoms. The van der Waals surface area contributed by atoms with Gasteiger partial charge in [-0.15, -0.1) is 0 Å². The van der Waals surface area contributed by atoms with Crippen LogP contribution in [0.2, 0.25) is 0 Å². The Labute approximate surface area is 147 Å². The highest BCUT2D eigenvalue weighted by molar-refractivity contribution is 5.77. The number of ether oxygens (including phenoxy) is 1. The fourth-order valence-corrected chi connectivity index (χ4v) is 4.60. The van der Waals surface area contributed by atoms with Crippen LogP contribution in [0.3, 0.4) is 0 Å². The summed E-state index contributed by atoms with van der Waals surface area (Å²) in [6, 6.07) is 0.778. The second kappa shape index (κ2) is 9.00. The van der Waals surface area contributed by atoms with Gasteiger partial charge < -0.3 is 9.64 Å². The molecule has 1 amide bonds. The molecule has 0 aromatic carbocycles. The minimum atomic E-state index is 0.0131. The van der Waals surface area contributed by atoms with E-state index in [9.17, 15) is 4.79 Å². The highest BCUT2D eigenvalue weighted by Gasteiger charge is 2.28. The fourth-order valence-electron chi connectivity index (χ4n) is 4.60. The van der Waals surface area contributed by atoms with E-state index in [1.54, 1.807) is 0 Å². The van der Waals surface area contributed by atoms with Crippen molar-refractivity contribution < 1.29 is 9.53 Å². The van der Waals surface area contributed by atoms with Crippen molar-refractivity contribution in [2.24, 2.45) is 0 Å². The quantitative estimate of drug-likeness (QED) is 0.698. The summed E-state index contributed by atoms with van der Waals surface area (Å²) in [6.07, 6.45) is 12.9. The zero-order valence-electron chi connectivity index (χ0n) is 15.3. The number of hydrogen-bond acceptors (Lipinski definition) is 3. The van der Waals surface area contributed by atoms with Crippen molar-refractivity contribution in [3.8, 4) is 0 Å². The molecule has 0 aromatic heterocycles. The molecule has 24 heavy (non-hydrogen) atoms. The van der Waals surface area contributed by atoms with E-state index in [4.69, 9.17) is 4.74 Å². The number of nitrogens with zero attached hydrogens (tertiary/aromatic N) is 2. The molecule has 136 valence electrons. The summed E-state index contributed by atoms with van der Waals surface area (Å²) in [5.74, 6) is 0.287. The SMILES string of the molecule is CCOC(CC(=O)N1CCCN(C2CCCC2)CC1)C1=CCCC1. The maximum atomic E-state index is 12.8. The zero-order valence-corrected chi connectivity index (χ0v) is 15.3. The lowest BCUT2D eigenvalue weighted by atomic mass is 10.1. The molecule has 0 bridgehead atoms. The molecule has 1 saturated carbocycles. The molecule has 1 atom stereocenters. The number of carbonyl (C=O) groups is 1. The summed E-state index contributed by atoms with van der Waals surface area (Å²) in [5.41, 5.74) is 1.35. The van der Waals surface area contributed by atoms with E-state index in [0.29, 0.717) is 13.0 Å². The van der Waals surface area contributed by atoms with Gasteiger partial charge in [-0.05, 0) is 51.0 Å². The van der Waals surface area contributed by atoms with Crippen LogP contribution < -0.4 is 0 Å². The van der Waals surface area contributed by atoms with Crippen LogP contribution >= 0.6 is 0 Å². The van der Waals surface area contributed by atoms with Gasteiger partial charge in [0.05, 0.1) is 12.5 Å². The van der Waals surface area contributed by atoms with Crippen LogP contribution in [0.15, 0.2) is 11.6 Å². The Hall–Kier alpha value is -0.870. The first-order chi connectivity index (χ1) is 11.8. The maximum Gasteiger partial charge on any atom is 0.225 e. The van der Waals surface area contributed by atoms with E-state index in [1.807, 2.05) is 6.92 Å². The Balaban J connectivity index is 1.52. The number of carbonyl (C=O) groups excluding carboxylic acids is 1. The molecule has 3 aliphatic rings. The van der Waals surface area contributed by atoms with Crippen molar-refractivity contribution in [1.82, 2.24) is 9.80 Å². The molecule has 1 saturated heterocycles. The summed E-state index contributed by atoms with van der Waals surface area (Å²) < 4.78 is 5.89. The van der Waals surface area contributed by atoms with E-state index >= 15 is 0 Å². The second-order valence-corrected chi connectivity index (χ2v) is 7.53. The van der Waals surface area contributed by atoms with Gasteiger partial charge in [0.25, 0.3) is 0 Å². The standard InChI is InChI=1S/C20H34N2O2/c1-2-24-19(17-8-3-4-9-17)16-20(23)22-13-7-12-21(14-15-22)18-10-5-6-11-18/h8,18-19H,2-7,9-16H2,1H3. The number of allylic oxidation sites excluding steroid dienone is 1. The van der Waals surface area contributed by atoms with Crippen molar-refractivity contribution in [2.75, 3.05) is 32.8 Å². The Morgan fingerprint density at radius 2 is 2.00 bits per heavy atom. The van der Waals surface area contributed by atoms with Gasteiger partial charge in [0.2, 0.25) is 5.91 Å². The fraction of sp³-hybridized carbons (Fsp3) is 0.850. The lowest BCUT2D eigenvalue weighted by molar-refractivity contribution is -0.133. The van der Waals surface area contributed by atoms with Gasteiger partial charge in [0.15, 0.2) is 0 Å². The number of rotatable bonds is 6. The van der Waals surface area contributed by atoms with Crippen LogP contribution in [0.25, 0.3) is 0 Å². The molecule has 1 aliphatic heterocycles. The smallest absolute Gasteiger partial charge is 0.225 e. The van der Waals surface area contributed by atoms with Gasteiger partial charge in [-0.3, -0.25) is 9.69 Å². The van der Waals surface area contributed by atoms with Crippen LogP contribution in [-0.4, -0.2) is 60.6 Å². The van der Waals surface area contributed by atoms with Crippen molar-refractivity contribution in [3.05, 3.63) is 11.6 Å².